The van der Waals surface area contributed by atoms with Gasteiger partial charge in [0.2, 0.25) is 0 Å². The van der Waals surface area contributed by atoms with Gasteiger partial charge in [0.1, 0.15) is 11.6 Å². The lowest BCUT2D eigenvalue weighted by molar-refractivity contribution is -0.147. The number of amides is 3. The number of carbonyl (C=O) groups is 4. The number of carbonyl (C=O) groups excluding carboxylic acids is 3. The van der Waals surface area contributed by atoms with Gasteiger partial charge in [-0.2, -0.15) is 0 Å². The first-order valence-electron chi connectivity index (χ1n) is 26.6. The molecule has 2 unspecified atom stereocenters. The molecule has 75 heavy (non-hydrogen) atoms. The van der Waals surface area contributed by atoms with E-state index < -0.39 is 23.7 Å². The second kappa shape index (κ2) is 25.1. The highest BCUT2D eigenvalue weighted by Crippen LogP contribution is 2.39. The predicted octanol–water partition coefficient (Wildman–Crippen LogP) is 9.00. The SMILES string of the molecule is CCc1cc(NC(=O)C(=O)N2C[C@@H](C)CC[C@@H]2c2ccc3sc(C4CCCN(C)C4)nc3c2)cnc1N.CCc1cc(NC(=O)C(=O)O)cnc1N.C[C@H]1CC[C@H](c2ccc3sc(C4CCCN(C)C4)nc3c2)NC1. The van der Waals surface area contributed by atoms with E-state index in [1.165, 1.54) is 88.0 Å². The van der Waals surface area contributed by atoms with E-state index in [2.05, 4.69) is 100 Å². The number of fused-ring (bicyclic) bond motifs is 2. The third kappa shape index (κ3) is 14.0. The summed E-state index contributed by atoms with van der Waals surface area (Å²) in [4.78, 5) is 72.1. The first-order chi connectivity index (χ1) is 36.0. The minimum atomic E-state index is -1.54. The number of pyridine rings is 2. The summed E-state index contributed by atoms with van der Waals surface area (Å²) in [5, 5.41) is 19.5. The normalized spacial score (nSPS) is 22.3. The van der Waals surface area contributed by atoms with Crippen LogP contribution >= 0.6 is 22.7 Å². The zero-order valence-electron chi connectivity index (χ0n) is 44.2. The number of thiazole rings is 2. The largest absolute Gasteiger partial charge is 0.474 e. The number of aliphatic carboxylic acids is 1. The molecule has 19 heteroatoms. The second-order valence-corrected chi connectivity index (χ2v) is 23.1. The number of rotatable bonds is 8. The number of nitrogens with one attached hydrogen (secondary N) is 3. The Morgan fingerprint density at radius 1 is 0.680 bits per heavy atom. The van der Waals surface area contributed by atoms with Crippen LogP contribution in [-0.2, 0) is 32.0 Å². The van der Waals surface area contributed by atoms with Gasteiger partial charge < -0.3 is 47.2 Å². The summed E-state index contributed by atoms with van der Waals surface area (Å²) in [6.45, 7) is 14.6. The maximum atomic E-state index is 13.4. The van der Waals surface area contributed by atoms with Gasteiger partial charge in [-0.25, -0.2) is 24.7 Å². The number of nitrogens with zero attached hydrogens (tertiary/aromatic N) is 7. The summed E-state index contributed by atoms with van der Waals surface area (Å²) < 4.78 is 2.52. The lowest BCUT2D eigenvalue weighted by atomic mass is 9.89. The Hall–Kier alpha value is -6.12. The van der Waals surface area contributed by atoms with Crippen LogP contribution < -0.4 is 27.4 Å². The fourth-order valence-electron chi connectivity index (χ4n) is 10.7. The third-order valence-corrected chi connectivity index (χ3v) is 17.4. The fourth-order valence-corrected chi connectivity index (χ4v) is 12.8. The lowest BCUT2D eigenvalue weighted by Gasteiger charge is -2.38. The number of hydrogen-bond donors (Lipinski definition) is 6. The van der Waals surface area contributed by atoms with E-state index in [1.54, 1.807) is 28.4 Å². The van der Waals surface area contributed by atoms with Crippen LogP contribution in [0, 0.1) is 11.8 Å². The number of anilines is 4. The predicted molar refractivity (Wildman–Crippen MR) is 301 cm³/mol. The standard InChI is InChI=1S/C28H36N6O2S.C19H27N3S.C9H11N3O3/c1-4-18-12-21(14-30-25(18)29)31-26(35)28(36)34-15-17(2)7-9-23(34)19-8-10-24-22(13-19)32-27(37-24)20-6-5-11-33(3)16-20;1-13-5-7-16(20-11-13)14-6-8-18-17(10-14)21-19(23-18)15-4-3-9-22(2)12-15;1-2-5-3-6(4-11-7(5)10)12-8(13)9(14)15/h8,10,12-14,17,20,23H,4-7,9,11,15-16H2,1-3H3,(H2,29,30)(H,31,35);6,8,10,13,15-16,20H,3-5,7,9,11-12H2,1-2H3;3-4H,2H2,1H3,(H2,10,11)(H,12,13)(H,14,15)/t17-,20?,23+;13-,15?,16+;/m00./s1. The Kier molecular flexibility index (Phi) is 18.5. The zero-order valence-corrected chi connectivity index (χ0v) is 45.9. The van der Waals surface area contributed by atoms with Crippen LogP contribution in [0.2, 0.25) is 0 Å². The van der Waals surface area contributed by atoms with Crippen molar-refractivity contribution in [3.63, 3.8) is 0 Å². The Morgan fingerprint density at radius 2 is 1.20 bits per heavy atom. The molecule has 3 amide bonds. The minimum absolute atomic E-state index is 0.152. The van der Waals surface area contributed by atoms with E-state index in [0.717, 1.165) is 67.1 Å². The van der Waals surface area contributed by atoms with Crippen molar-refractivity contribution in [2.45, 2.75) is 116 Å². The molecule has 4 aliphatic heterocycles. The molecule has 0 radical (unpaired) electrons. The number of aryl methyl sites for hydroxylation is 2. The summed E-state index contributed by atoms with van der Waals surface area (Å²) >= 11 is 3.68. The van der Waals surface area contributed by atoms with Gasteiger partial charge in [-0.05, 0) is 168 Å². The molecule has 0 aliphatic carbocycles. The number of carboxylic acid groups (broad SMARTS) is 1. The average molecular weight is 1060 g/mol. The van der Waals surface area contributed by atoms with Gasteiger partial charge in [-0.3, -0.25) is 14.4 Å². The van der Waals surface area contributed by atoms with Crippen molar-refractivity contribution in [1.29, 1.82) is 0 Å². The summed E-state index contributed by atoms with van der Waals surface area (Å²) in [6, 6.07) is 17.0. The average Bonchev–Trinajstić information content (AvgIpc) is 4.05. The van der Waals surface area contributed by atoms with Crippen LogP contribution in [0.1, 0.15) is 135 Å². The van der Waals surface area contributed by atoms with Gasteiger partial charge in [-0.15, -0.1) is 22.7 Å². The maximum absolute atomic E-state index is 13.4. The van der Waals surface area contributed by atoms with Gasteiger partial charge in [0.05, 0.1) is 60.3 Å². The third-order valence-electron chi connectivity index (χ3n) is 15.0. The van der Waals surface area contributed by atoms with E-state index in [4.69, 9.17) is 26.5 Å². The number of piperidine rings is 4. The molecule has 6 aromatic rings. The number of carboxylic acids is 1. The molecule has 8 N–H and O–H groups in total. The number of hydrogen-bond acceptors (Lipinski definition) is 15. The van der Waals surface area contributed by atoms with E-state index in [9.17, 15) is 19.2 Å². The number of aromatic nitrogens is 4. The van der Waals surface area contributed by atoms with Crippen molar-refractivity contribution in [3.05, 3.63) is 93.2 Å². The molecule has 17 nitrogen and oxygen atoms in total. The van der Waals surface area contributed by atoms with E-state index >= 15 is 0 Å². The minimum Gasteiger partial charge on any atom is -0.474 e. The molecule has 2 aromatic carbocycles. The smallest absolute Gasteiger partial charge is 0.394 e. The highest BCUT2D eigenvalue weighted by molar-refractivity contribution is 7.19. The van der Waals surface area contributed by atoms with Crippen LogP contribution in [0.3, 0.4) is 0 Å². The van der Waals surface area contributed by atoms with Crippen LogP contribution in [-0.4, -0.2) is 117 Å². The van der Waals surface area contributed by atoms with Gasteiger partial charge in [0.15, 0.2) is 0 Å². The number of benzene rings is 2. The molecule has 4 saturated heterocycles. The highest BCUT2D eigenvalue weighted by atomic mass is 32.1. The van der Waals surface area contributed by atoms with Crippen molar-refractivity contribution in [2.24, 2.45) is 11.8 Å². The Bertz CT molecular complexity index is 2970. The summed E-state index contributed by atoms with van der Waals surface area (Å²) in [5.74, 6) is -0.731. The van der Waals surface area contributed by atoms with Crippen LogP contribution in [0.5, 0.6) is 0 Å². The van der Waals surface area contributed by atoms with Crippen molar-refractivity contribution in [1.82, 2.24) is 40.0 Å². The van der Waals surface area contributed by atoms with E-state index in [0.29, 0.717) is 66.2 Å². The maximum Gasteiger partial charge on any atom is 0.394 e. The number of nitrogens with two attached hydrogens (primary N) is 2. The van der Waals surface area contributed by atoms with Crippen molar-refractivity contribution in [3.8, 4) is 0 Å². The molecule has 400 valence electrons. The fraction of sp³-hybridized carbons (Fsp3) is 0.500. The van der Waals surface area contributed by atoms with Crippen LogP contribution in [0.4, 0.5) is 23.0 Å². The molecular formula is C56H74N12O5S2. The first kappa shape index (κ1) is 55.1. The monoisotopic (exact) mass is 1060 g/mol. The molecule has 4 fully saturated rings. The van der Waals surface area contributed by atoms with Crippen molar-refractivity contribution < 1.29 is 24.3 Å². The van der Waals surface area contributed by atoms with Gasteiger partial charge in [0.25, 0.3) is 0 Å². The summed E-state index contributed by atoms with van der Waals surface area (Å²) in [6.07, 6.45) is 13.5. The van der Waals surface area contributed by atoms with Crippen molar-refractivity contribution >= 4 is 89.8 Å². The molecule has 10 rings (SSSR count). The Balaban J connectivity index is 0.000000167. The first-order valence-corrected chi connectivity index (χ1v) is 28.2. The summed E-state index contributed by atoms with van der Waals surface area (Å²) in [7, 11) is 4.41. The number of nitrogen functional groups attached to an aromatic ring is 2. The van der Waals surface area contributed by atoms with E-state index in [1.807, 2.05) is 25.2 Å². The zero-order chi connectivity index (χ0) is 53.3. The Morgan fingerprint density at radius 3 is 1.71 bits per heavy atom. The molecule has 0 saturated carbocycles. The molecule has 0 bridgehead atoms. The van der Waals surface area contributed by atoms with Crippen LogP contribution in [0.25, 0.3) is 20.4 Å². The molecular weight excluding hydrogens is 985 g/mol. The molecule has 0 spiro atoms. The molecule has 4 aliphatic rings. The van der Waals surface area contributed by atoms with E-state index in [-0.39, 0.29) is 6.04 Å². The van der Waals surface area contributed by atoms with Crippen LogP contribution in [0.15, 0.2) is 60.9 Å². The molecule has 6 atom stereocenters. The quantitative estimate of drug-likeness (QED) is 0.0781. The molecule has 8 heterocycles. The number of likely N-dealkylation sites (tertiary alicyclic amines) is 3. The summed E-state index contributed by atoms with van der Waals surface area (Å²) in [5.41, 5.74) is 18.5. The highest BCUT2D eigenvalue weighted by Gasteiger charge is 2.35. The Labute approximate surface area is 448 Å². The number of likely N-dealkylation sites (N-methyl/N-ethyl adjacent to an activating group) is 2. The lowest BCUT2D eigenvalue weighted by Crippen LogP contribution is -2.46. The second-order valence-electron chi connectivity index (χ2n) is 21.0. The molecule has 4 aromatic heterocycles. The van der Waals surface area contributed by atoms with Crippen molar-refractivity contribution in [2.75, 3.05) is 75.5 Å². The van der Waals surface area contributed by atoms with Gasteiger partial charge in [0, 0.05) is 37.5 Å². The topological polar surface area (TPSA) is 238 Å². The van der Waals surface area contributed by atoms with Gasteiger partial charge in [-0.1, -0.05) is 39.8 Å². The van der Waals surface area contributed by atoms with Gasteiger partial charge >= 0.3 is 23.7 Å².